The number of nitrogens with zero attached hydrogens (tertiary/aromatic N) is 5. The van der Waals surface area contributed by atoms with Gasteiger partial charge in [-0.25, -0.2) is 5.43 Å². The Morgan fingerprint density at radius 1 is 1.06 bits per heavy atom. The molecular formula is C25H32N6O3S. The first-order valence-electron chi connectivity index (χ1n) is 11.5. The number of thioether (sulfide) groups is 1. The van der Waals surface area contributed by atoms with Crippen molar-refractivity contribution in [2.24, 2.45) is 5.10 Å². The molecule has 0 saturated heterocycles. The van der Waals surface area contributed by atoms with Crippen molar-refractivity contribution in [3.8, 4) is 22.9 Å². The van der Waals surface area contributed by atoms with Crippen LogP contribution >= 0.6 is 11.8 Å². The maximum atomic E-state index is 12.3. The van der Waals surface area contributed by atoms with Crippen LogP contribution in [0.5, 0.6) is 11.5 Å². The molecule has 9 nitrogen and oxygen atoms in total. The minimum absolute atomic E-state index is 0.169. The summed E-state index contributed by atoms with van der Waals surface area (Å²) in [6.45, 7) is 8.84. The van der Waals surface area contributed by atoms with Crippen molar-refractivity contribution < 1.29 is 14.3 Å². The van der Waals surface area contributed by atoms with E-state index in [9.17, 15) is 4.79 Å². The van der Waals surface area contributed by atoms with Crippen molar-refractivity contribution in [1.29, 1.82) is 0 Å². The molecule has 0 aliphatic carbocycles. The minimum atomic E-state index is -0.218. The van der Waals surface area contributed by atoms with Crippen LogP contribution in [0, 0.1) is 0 Å². The second-order valence-corrected chi connectivity index (χ2v) is 8.41. The summed E-state index contributed by atoms with van der Waals surface area (Å²) in [5.74, 6) is 1.91. The molecule has 0 aliphatic heterocycles. The number of ether oxygens (including phenoxy) is 2. The highest BCUT2D eigenvalue weighted by Gasteiger charge is 2.16. The predicted molar refractivity (Wildman–Crippen MR) is 141 cm³/mol. The van der Waals surface area contributed by atoms with Gasteiger partial charge in [0.05, 0.1) is 26.2 Å². The lowest BCUT2D eigenvalue weighted by molar-refractivity contribution is -0.118. The topological polar surface area (TPSA) is 93.9 Å². The van der Waals surface area contributed by atoms with Crippen molar-refractivity contribution >= 4 is 29.6 Å². The molecule has 3 aromatic rings. The first kappa shape index (κ1) is 26.1. The normalized spacial score (nSPS) is 11.0. The van der Waals surface area contributed by atoms with E-state index in [1.165, 1.54) is 17.4 Å². The molecule has 3 rings (SSSR count). The second-order valence-electron chi connectivity index (χ2n) is 7.47. The third-order valence-corrected chi connectivity index (χ3v) is 6.40. The molecule has 0 radical (unpaired) electrons. The van der Waals surface area contributed by atoms with Gasteiger partial charge in [-0.3, -0.25) is 4.79 Å². The second kappa shape index (κ2) is 12.8. The molecule has 1 aromatic heterocycles. The number of hydrogen-bond acceptors (Lipinski definition) is 8. The van der Waals surface area contributed by atoms with Crippen molar-refractivity contribution in [3.05, 3.63) is 48.0 Å². The van der Waals surface area contributed by atoms with E-state index >= 15 is 0 Å². The lowest BCUT2D eigenvalue weighted by Gasteiger charge is -2.20. The average Bonchev–Trinajstić information content (AvgIpc) is 3.31. The SMILES string of the molecule is CCN(CC)c1ccc(/C=N/NC(=O)CSc2nnc(-c3ccc(OC)c(OC)c3)n2CC)cc1. The van der Waals surface area contributed by atoms with Crippen LogP contribution in [0.1, 0.15) is 26.3 Å². The van der Waals surface area contributed by atoms with Crippen molar-refractivity contribution in [2.75, 3.05) is 38.0 Å². The highest BCUT2D eigenvalue weighted by molar-refractivity contribution is 7.99. The zero-order chi connectivity index (χ0) is 25.2. The smallest absolute Gasteiger partial charge is 0.250 e. The molecule has 1 heterocycles. The summed E-state index contributed by atoms with van der Waals surface area (Å²) < 4.78 is 12.7. The molecule has 0 saturated carbocycles. The number of amides is 1. The molecule has 2 aromatic carbocycles. The Hall–Kier alpha value is -3.53. The Morgan fingerprint density at radius 3 is 2.40 bits per heavy atom. The van der Waals surface area contributed by atoms with Crippen LogP contribution in [0.2, 0.25) is 0 Å². The van der Waals surface area contributed by atoms with Gasteiger partial charge in [-0.15, -0.1) is 10.2 Å². The van der Waals surface area contributed by atoms with Crippen LogP contribution in [-0.4, -0.2) is 59.9 Å². The van der Waals surface area contributed by atoms with E-state index in [0.717, 1.165) is 24.2 Å². The molecule has 0 bridgehead atoms. The summed E-state index contributed by atoms with van der Waals surface area (Å²) in [7, 11) is 3.19. The first-order chi connectivity index (χ1) is 17.0. The van der Waals surface area contributed by atoms with Crippen molar-refractivity contribution in [2.45, 2.75) is 32.5 Å². The van der Waals surface area contributed by atoms with Gasteiger partial charge in [-0.05, 0) is 56.7 Å². The van der Waals surface area contributed by atoms with Crippen LogP contribution < -0.4 is 19.8 Å². The number of aromatic nitrogens is 3. The standard InChI is InChI=1S/C25H32N6O3S/c1-6-30(7-2)20-12-9-18(10-13-20)16-26-27-23(32)17-35-25-29-28-24(31(25)8-3)19-11-14-21(33-4)22(15-19)34-5/h9-16H,6-8,17H2,1-5H3,(H,27,32)/b26-16+. The summed E-state index contributed by atoms with van der Waals surface area (Å²) in [5, 5.41) is 13.3. The minimum Gasteiger partial charge on any atom is -0.493 e. The number of nitrogens with one attached hydrogen (secondary N) is 1. The van der Waals surface area contributed by atoms with Crippen molar-refractivity contribution in [3.63, 3.8) is 0 Å². The van der Waals surface area contributed by atoms with E-state index in [1.54, 1.807) is 20.4 Å². The lowest BCUT2D eigenvalue weighted by Crippen LogP contribution is -2.21. The number of hydrogen-bond donors (Lipinski definition) is 1. The molecule has 0 unspecified atom stereocenters. The highest BCUT2D eigenvalue weighted by atomic mass is 32.2. The maximum Gasteiger partial charge on any atom is 0.250 e. The fraction of sp³-hybridized carbons (Fsp3) is 0.360. The summed E-state index contributed by atoms with van der Waals surface area (Å²) in [5.41, 5.74) is 5.51. The van der Waals surface area contributed by atoms with Crippen LogP contribution in [0.15, 0.2) is 52.7 Å². The van der Waals surface area contributed by atoms with Crippen LogP contribution in [0.3, 0.4) is 0 Å². The number of anilines is 1. The van der Waals surface area contributed by atoms with E-state index in [4.69, 9.17) is 9.47 Å². The molecule has 0 spiro atoms. The van der Waals surface area contributed by atoms with E-state index in [2.05, 4.69) is 51.6 Å². The molecule has 1 amide bonds. The number of methoxy groups -OCH3 is 2. The maximum absolute atomic E-state index is 12.3. The lowest BCUT2D eigenvalue weighted by atomic mass is 10.2. The third kappa shape index (κ3) is 6.54. The van der Waals surface area contributed by atoms with Crippen LogP contribution in [-0.2, 0) is 11.3 Å². The monoisotopic (exact) mass is 496 g/mol. The number of hydrazone groups is 1. The zero-order valence-corrected chi connectivity index (χ0v) is 21.6. The quantitative estimate of drug-likeness (QED) is 0.229. The Bertz CT molecular complexity index is 1140. The van der Waals surface area contributed by atoms with Gasteiger partial charge in [-0.1, -0.05) is 23.9 Å². The fourth-order valence-electron chi connectivity index (χ4n) is 3.57. The van der Waals surface area contributed by atoms with E-state index < -0.39 is 0 Å². The van der Waals surface area contributed by atoms with Gasteiger partial charge in [0.15, 0.2) is 22.5 Å². The fourth-order valence-corrected chi connectivity index (χ4v) is 4.37. The number of rotatable bonds is 12. The Kier molecular flexibility index (Phi) is 9.54. The van der Waals surface area contributed by atoms with Crippen LogP contribution in [0.25, 0.3) is 11.4 Å². The van der Waals surface area contributed by atoms with Gasteiger partial charge in [0.25, 0.3) is 5.91 Å². The third-order valence-electron chi connectivity index (χ3n) is 5.43. The first-order valence-corrected chi connectivity index (χ1v) is 12.5. The van der Waals surface area contributed by atoms with Gasteiger partial charge in [0.2, 0.25) is 0 Å². The molecule has 0 fully saturated rings. The van der Waals surface area contributed by atoms with Crippen molar-refractivity contribution in [1.82, 2.24) is 20.2 Å². The van der Waals surface area contributed by atoms with Crippen LogP contribution in [0.4, 0.5) is 5.69 Å². The molecule has 10 heteroatoms. The van der Waals surface area contributed by atoms with E-state index in [0.29, 0.717) is 29.0 Å². The summed E-state index contributed by atoms with van der Waals surface area (Å²) >= 11 is 1.31. The van der Waals surface area contributed by atoms with Gasteiger partial charge in [-0.2, -0.15) is 5.10 Å². The molecule has 186 valence electrons. The molecule has 35 heavy (non-hydrogen) atoms. The molecular weight excluding hydrogens is 464 g/mol. The summed E-state index contributed by atoms with van der Waals surface area (Å²) in [6, 6.07) is 13.7. The van der Waals surface area contributed by atoms with Gasteiger partial charge < -0.3 is 18.9 Å². The van der Waals surface area contributed by atoms with E-state index in [-0.39, 0.29) is 11.7 Å². The number of carbonyl (C=O) groups excluding carboxylic acids is 1. The Balaban J connectivity index is 1.59. The predicted octanol–water partition coefficient (Wildman–Crippen LogP) is 4.07. The number of benzene rings is 2. The Labute approximate surface area is 210 Å². The Morgan fingerprint density at radius 2 is 1.77 bits per heavy atom. The summed E-state index contributed by atoms with van der Waals surface area (Å²) in [4.78, 5) is 14.6. The largest absolute Gasteiger partial charge is 0.493 e. The van der Waals surface area contributed by atoms with Gasteiger partial charge in [0, 0.05) is 30.9 Å². The van der Waals surface area contributed by atoms with Gasteiger partial charge in [0.1, 0.15) is 0 Å². The number of carbonyl (C=O) groups is 1. The zero-order valence-electron chi connectivity index (χ0n) is 20.8. The molecule has 0 aliphatic rings. The molecule has 1 N–H and O–H groups in total. The molecule has 0 atom stereocenters. The summed E-state index contributed by atoms with van der Waals surface area (Å²) in [6.07, 6.45) is 1.64. The highest BCUT2D eigenvalue weighted by Crippen LogP contribution is 2.32. The van der Waals surface area contributed by atoms with E-state index in [1.807, 2.05) is 41.8 Å². The van der Waals surface area contributed by atoms with Gasteiger partial charge >= 0.3 is 0 Å². The average molecular weight is 497 g/mol.